The number of likely N-dealkylation sites (tertiary alicyclic amines) is 1. The largest absolute Gasteiger partial charge is 0.476 e. The fraction of sp³-hybridized carbons (Fsp3) is 0.643. The number of nitrogens with one attached hydrogen (secondary N) is 1. The summed E-state index contributed by atoms with van der Waals surface area (Å²) in [6.45, 7) is 6.29. The Labute approximate surface area is 109 Å². The summed E-state index contributed by atoms with van der Waals surface area (Å²) in [5.41, 5.74) is 1.21. The first-order valence-corrected chi connectivity index (χ1v) is 6.78. The van der Waals surface area contributed by atoms with E-state index >= 15 is 0 Å². The Kier molecular flexibility index (Phi) is 4.96. The van der Waals surface area contributed by atoms with Gasteiger partial charge in [0.1, 0.15) is 6.61 Å². The lowest BCUT2D eigenvalue weighted by Crippen LogP contribution is -2.25. The van der Waals surface area contributed by atoms with Crippen LogP contribution in [0.2, 0.25) is 0 Å². The van der Waals surface area contributed by atoms with Gasteiger partial charge < -0.3 is 10.1 Å². The molecule has 100 valence electrons. The van der Waals surface area contributed by atoms with Crippen LogP contribution in [0.5, 0.6) is 5.88 Å². The zero-order valence-electron chi connectivity index (χ0n) is 11.4. The van der Waals surface area contributed by atoms with E-state index < -0.39 is 0 Å². The van der Waals surface area contributed by atoms with Gasteiger partial charge in [0.05, 0.1) is 0 Å². The maximum atomic E-state index is 5.72. The summed E-state index contributed by atoms with van der Waals surface area (Å²) in [5, 5.41) is 3.22. The van der Waals surface area contributed by atoms with Crippen LogP contribution in [-0.4, -0.2) is 43.2 Å². The van der Waals surface area contributed by atoms with Crippen LogP contribution in [0.4, 0.5) is 0 Å². The molecule has 2 heterocycles. The molecular formula is C14H23N3O. The van der Waals surface area contributed by atoms with Crippen LogP contribution >= 0.6 is 0 Å². The molecule has 0 amide bonds. The predicted octanol–water partition coefficient (Wildman–Crippen LogP) is 1.84. The van der Waals surface area contributed by atoms with Gasteiger partial charge in [0, 0.05) is 24.8 Å². The average molecular weight is 249 g/mol. The predicted molar refractivity (Wildman–Crippen MR) is 72.9 cm³/mol. The van der Waals surface area contributed by atoms with Crippen LogP contribution in [0.15, 0.2) is 18.3 Å². The third kappa shape index (κ3) is 3.68. The van der Waals surface area contributed by atoms with Gasteiger partial charge in [-0.2, -0.15) is 0 Å². The van der Waals surface area contributed by atoms with Gasteiger partial charge >= 0.3 is 0 Å². The van der Waals surface area contributed by atoms with Gasteiger partial charge in [0.2, 0.25) is 5.88 Å². The molecule has 0 aromatic carbocycles. The highest BCUT2D eigenvalue weighted by Crippen LogP contribution is 2.16. The highest BCUT2D eigenvalue weighted by molar-refractivity contribution is 5.23. The maximum absolute atomic E-state index is 5.72. The van der Waals surface area contributed by atoms with E-state index in [-0.39, 0.29) is 0 Å². The first-order chi connectivity index (χ1) is 8.79. The second-order valence-electron chi connectivity index (χ2n) is 4.83. The van der Waals surface area contributed by atoms with Crippen LogP contribution in [-0.2, 0) is 0 Å². The molecular weight excluding hydrogens is 226 g/mol. The molecule has 0 bridgehead atoms. The SMILES string of the molecule is CNC(C)c1ccnc(OCCN2CCCC2)c1. The molecule has 0 saturated carbocycles. The third-order valence-electron chi connectivity index (χ3n) is 3.55. The van der Waals surface area contributed by atoms with Gasteiger partial charge in [0.15, 0.2) is 0 Å². The average Bonchev–Trinajstić information content (AvgIpc) is 2.91. The molecule has 1 aromatic heterocycles. The molecule has 1 N–H and O–H groups in total. The Morgan fingerprint density at radius 2 is 2.22 bits per heavy atom. The minimum Gasteiger partial charge on any atom is -0.476 e. The number of pyridine rings is 1. The van der Waals surface area contributed by atoms with Gasteiger partial charge in [-0.3, -0.25) is 4.90 Å². The molecule has 18 heavy (non-hydrogen) atoms. The highest BCUT2D eigenvalue weighted by Gasteiger charge is 2.11. The zero-order chi connectivity index (χ0) is 12.8. The van der Waals surface area contributed by atoms with Crippen molar-refractivity contribution < 1.29 is 4.74 Å². The molecule has 0 aliphatic carbocycles. The third-order valence-corrected chi connectivity index (χ3v) is 3.55. The number of aromatic nitrogens is 1. The number of nitrogens with zero attached hydrogens (tertiary/aromatic N) is 2. The van der Waals surface area contributed by atoms with E-state index in [1.165, 1.54) is 31.5 Å². The molecule has 1 aliphatic rings. The summed E-state index contributed by atoms with van der Waals surface area (Å²) in [4.78, 5) is 6.70. The van der Waals surface area contributed by atoms with Crippen molar-refractivity contribution in [3.05, 3.63) is 23.9 Å². The Morgan fingerprint density at radius 3 is 2.94 bits per heavy atom. The van der Waals surface area contributed by atoms with Crippen LogP contribution in [0.3, 0.4) is 0 Å². The summed E-state index contributed by atoms with van der Waals surface area (Å²) < 4.78 is 5.72. The van der Waals surface area contributed by atoms with E-state index in [1.54, 1.807) is 0 Å². The number of rotatable bonds is 6. The summed E-state index contributed by atoms with van der Waals surface area (Å²) >= 11 is 0. The molecule has 2 rings (SSSR count). The van der Waals surface area contributed by atoms with Gasteiger partial charge in [-0.1, -0.05) is 0 Å². The molecule has 1 saturated heterocycles. The van der Waals surface area contributed by atoms with Crippen molar-refractivity contribution in [2.75, 3.05) is 33.3 Å². The standard InChI is InChI=1S/C14H23N3O/c1-12(15-2)13-5-6-16-14(11-13)18-10-9-17-7-3-4-8-17/h5-6,11-12,15H,3-4,7-10H2,1-2H3. The Bertz CT molecular complexity index is 364. The molecule has 1 aliphatic heterocycles. The lowest BCUT2D eigenvalue weighted by atomic mass is 10.1. The second-order valence-corrected chi connectivity index (χ2v) is 4.83. The summed E-state index contributed by atoms with van der Waals surface area (Å²) in [7, 11) is 1.96. The Hall–Kier alpha value is -1.13. The molecule has 1 fully saturated rings. The topological polar surface area (TPSA) is 37.4 Å². The van der Waals surface area contributed by atoms with Crippen molar-refractivity contribution in [3.8, 4) is 5.88 Å². The number of hydrogen-bond acceptors (Lipinski definition) is 4. The van der Waals surface area contributed by atoms with E-state index in [9.17, 15) is 0 Å². The Balaban J connectivity index is 1.81. The van der Waals surface area contributed by atoms with Gasteiger partial charge in [-0.15, -0.1) is 0 Å². The first kappa shape index (κ1) is 13.3. The van der Waals surface area contributed by atoms with E-state index in [2.05, 4.69) is 22.1 Å². The van der Waals surface area contributed by atoms with Crippen LogP contribution in [0.25, 0.3) is 0 Å². The van der Waals surface area contributed by atoms with Crippen LogP contribution in [0.1, 0.15) is 31.4 Å². The van der Waals surface area contributed by atoms with E-state index in [0.29, 0.717) is 6.04 Å². The van der Waals surface area contributed by atoms with Crippen LogP contribution in [0, 0.1) is 0 Å². The Morgan fingerprint density at radius 1 is 1.44 bits per heavy atom. The molecule has 0 radical (unpaired) electrons. The molecule has 1 unspecified atom stereocenters. The van der Waals surface area contributed by atoms with Gasteiger partial charge in [0.25, 0.3) is 0 Å². The van der Waals surface area contributed by atoms with Crippen molar-refractivity contribution in [2.24, 2.45) is 0 Å². The molecule has 0 spiro atoms. The molecule has 4 heteroatoms. The first-order valence-electron chi connectivity index (χ1n) is 6.78. The van der Waals surface area contributed by atoms with E-state index in [4.69, 9.17) is 4.74 Å². The summed E-state index contributed by atoms with van der Waals surface area (Å²) in [5.74, 6) is 0.730. The van der Waals surface area contributed by atoms with E-state index in [1.807, 2.05) is 25.4 Å². The minimum absolute atomic E-state index is 0.328. The molecule has 1 atom stereocenters. The second kappa shape index (κ2) is 6.71. The summed E-state index contributed by atoms with van der Waals surface area (Å²) in [6.07, 6.45) is 4.47. The van der Waals surface area contributed by atoms with Crippen LogP contribution < -0.4 is 10.1 Å². The van der Waals surface area contributed by atoms with Crippen molar-refractivity contribution >= 4 is 0 Å². The maximum Gasteiger partial charge on any atom is 0.213 e. The monoisotopic (exact) mass is 249 g/mol. The van der Waals surface area contributed by atoms with Gasteiger partial charge in [-0.05, 0) is 51.5 Å². The van der Waals surface area contributed by atoms with Crippen molar-refractivity contribution in [3.63, 3.8) is 0 Å². The lowest BCUT2D eigenvalue weighted by Gasteiger charge is -2.15. The minimum atomic E-state index is 0.328. The fourth-order valence-corrected chi connectivity index (χ4v) is 2.23. The lowest BCUT2D eigenvalue weighted by molar-refractivity contribution is 0.231. The molecule has 1 aromatic rings. The van der Waals surface area contributed by atoms with Crippen molar-refractivity contribution in [2.45, 2.75) is 25.8 Å². The number of hydrogen-bond donors (Lipinski definition) is 1. The van der Waals surface area contributed by atoms with Crippen molar-refractivity contribution in [1.29, 1.82) is 0 Å². The van der Waals surface area contributed by atoms with E-state index in [0.717, 1.165) is 19.0 Å². The fourth-order valence-electron chi connectivity index (χ4n) is 2.23. The quantitative estimate of drug-likeness (QED) is 0.834. The number of ether oxygens (including phenoxy) is 1. The normalized spacial score (nSPS) is 17.9. The van der Waals surface area contributed by atoms with Crippen molar-refractivity contribution in [1.82, 2.24) is 15.2 Å². The van der Waals surface area contributed by atoms with Gasteiger partial charge in [-0.25, -0.2) is 4.98 Å². The summed E-state index contributed by atoms with van der Waals surface area (Å²) in [6, 6.07) is 4.37. The smallest absolute Gasteiger partial charge is 0.213 e. The zero-order valence-corrected chi connectivity index (χ0v) is 11.4. The highest BCUT2D eigenvalue weighted by atomic mass is 16.5. The molecule has 4 nitrogen and oxygen atoms in total.